The van der Waals surface area contributed by atoms with Gasteiger partial charge in [-0.05, 0) is 37.5 Å². The van der Waals surface area contributed by atoms with E-state index in [1.807, 2.05) is 12.1 Å². The molecule has 1 fully saturated rings. The van der Waals surface area contributed by atoms with Gasteiger partial charge in [-0.1, -0.05) is 19.8 Å². The van der Waals surface area contributed by atoms with Gasteiger partial charge in [0.1, 0.15) is 5.82 Å². The Morgan fingerprint density at radius 2 is 2.14 bits per heavy atom. The molecule has 0 saturated heterocycles. The molecule has 1 heterocycles. The molecule has 1 aromatic carbocycles. The van der Waals surface area contributed by atoms with Crippen molar-refractivity contribution in [2.24, 2.45) is 0 Å². The van der Waals surface area contributed by atoms with Gasteiger partial charge in [-0.25, -0.2) is 4.98 Å². The summed E-state index contributed by atoms with van der Waals surface area (Å²) in [6, 6.07) is 5.99. The minimum atomic E-state index is 0.477. The maximum Gasteiger partial charge on any atom is 0.109 e. The number of benzene rings is 1. The van der Waals surface area contributed by atoms with E-state index in [1.54, 1.807) is 0 Å². The zero-order valence-electron chi connectivity index (χ0n) is 12.8. The monoisotopic (exact) mass is 287 g/mol. The molecule has 4 heteroatoms. The molecular weight excluding hydrogens is 262 g/mol. The van der Waals surface area contributed by atoms with Crippen LogP contribution in [0.5, 0.6) is 0 Å². The van der Waals surface area contributed by atoms with Crippen molar-refractivity contribution in [3.63, 3.8) is 0 Å². The van der Waals surface area contributed by atoms with Crippen molar-refractivity contribution in [3.05, 3.63) is 24.0 Å². The summed E-state index contributed by atoms with van der Waals surface area (Å²) in [6.45, 7) is 3.84. The van der Waals surface area contributed by atoms with Gasteiger partial charge in [-0.3, -0.25) is 0 Å². The summed E-state index contributed by atoms with van der Waals surface area (Å²) in [5.74, 6) is 1.15. The van der Waals surface area contributed by atoms with Crippen LogP contribution in [0, 0.1) is 0 Å². The lowest BCUT2D eigenvalue weighted by molar-refractivity contribution is 0.0531. The van der Waals surface area contributed by atoms with Gasteiger partial charge in [0.05, 0.1) is 23.7 Å². The fourth-order valence-corrected chi connectivity index (χ4v) is 3.23. The lowest BCUT2D eigenvalue weighted by Gasteiger charge is -2.13. The predicted molar refractivity (Wildman–Crippen MR) is 86.3 cm³/mol. The summed E-state index contributed by atoms with van der Waals surface area (Å²) in [5, 5.41) is 0. The van der Waals surface area contributed by atoms with E-state index in [9.17, 15) is 0 Å². The van der Waals surface area contributed by atoms with Gasteiger partial charge < -0.3 is 15.0 Å². The third kappa shape index (κ3) is 3.21. The molecule has 1 saturated carbocycles. The molecule has 0 amide bonds. The molecule has 2 aromatic rings. The average Bonchev–Trinajstić information content (AvgIpc) is 3.08. The Bertz CT molecular complexity index is 599. The summed E-state index contributed by atoms with van der Waals surface area (Å²) in [5.41, 5.74) is 8.81. The highest BCUT2D eigenvalue weighted by molar-refractivity contribution is 5.79. The van der Waals surface area contributed by atoms with E-state index in [-0.39, 0.29) is 0 Å². The quantitative estimate of drug-likeness (QED) is 0.827. The second kappa shape index (κ2) is 6.48. The van der Waals surface area contributed by atoms with Gasteiger partial charge in [0.25, 0.3) is 0 Å². The molecule has 1 aliphatic carbocycles. The number of aryl methyl sites for hydroxylation is 1. The van der Waals surface area contributed by atoms with Crippen LogP contribution in [0.3, 0.4) is 0 Å². The van der Waals surface area contributed by atoms with Crippen LogP contribution >= 0.6 is 0 Å². The SMILES string of the molecule is CCCc1nc2cc(N)ccc2n1CCOC1CCCC1. The van der Waals surface area contributed by atoms with Crippen LogP contribution < -0.4 is 5.73 Å². The fourth-order valence-electron chi connectivity index (χ4n) is 3.23. The third-order valence-electron chi connectivity index (χ3n) is 4.30. The second-order valence-corrected chi connectivity index (χ2v) is 5.96. The zero-order chi connectivity index (χ0) is 14.7. The van der Waals surface area contributed by atoms with Crippen LogP contribution in [0.1, 0.15) is 44.9 Å². The number of aromatic nitrogens is 2. The molecule has 0 radical (unpaired) electrons. The number of rotatable bonds is 6. The Hall–Kier alpha value is -1.55. The molecule has 0 bridgehead atoms. The van der Waals surface area contributed by atoms with Gasteiger partial charge in [0.2, 0.25) is 0 Å². The molecule has 114 valence electrons. The summed E-state index contributed by atoms with van der Waals surface area (Å²) >= 11 is 0. The van der Waals surface area contributed by atoms with Gasteiger partial charge in [-0.2, -0.15) is 0 Å². The second-order valence-electron chi connectivity index (χ2n) is 5.96. The summed E-state index contributed by atoms with van der Waals surface area (Å²) in [6.07, 6.45) is 7.66. The Morgan fingerprint density at radius 1 is 1.33 bits per heavy atom. The Morgan fingerprint density at radius 3 is 2.90 bits per heavy atom. The molecule has 1 aliphatic rings. The van der Waals surface area contributed by atoms with E-state index in [2.05, 4.69) is 17.6 Å². The van der Waals surface area contributed by atoms with Gasteiger partial charge in [-0.15, -0.1) is 0 Å². The number of nitrogens with two attached hydrogens (primary N) is 1. The smallest absolute Gasteiger partial charge is 0.109 e. The minimum Gasteiger partial charge on any atom is -0.399 e. The fraction of sp³-hybridized carbons (Fsp3) is 0.588. The first-order valence-corrected chi connectivity index (χ1v) is 8.14. The van der Waals surface area contributed by atoms with Crippen LogP contribution in [0.4, 0.5) is 5.69 Å². The van der Waals surface area contributed by atoms with Crippen molar-refractivity contribution < 1.29 is 4.74 Å². The molecule has 0 aliphatic heterocycles. The summed E-state index contributed by atoms with van der Waals surface area (Å²) in [4.78, 5) is 4.74. The summed E-state index contributed by atoms with van der Waals surface area (Å²) in [7, 11) is 0. The van der Waals surface area contributed by atoms with Crippen molar-refractivity contribution in [2.45, 2.75) is 58.1 Å². The molecule has 3 rings (SSSR count). The maximum absolute atomic E-state index is 6.01. The Balaban J connectivity index is 1.76. The lowest BCUT2D eigenvalue weighted by Crippen LogP contribution is -2.14. The van der Waals surface area contributed by atoms with Crippen LogP contribution in [-0.2, 0) is 17.7 Å². The van der Waals surface area contributed by atoms with E-state index in [0.717, 1.165) is 43.0 Å². The average molecular weight is 287 g/mol. The first-order valence-electron chi connectivity index (χ1n) is 8.14. The molecular formula is C17H25N3O. The van der Waals surface area contributed by atoms with Crippen LogP contribution in [0.2, 0.25) is 0 Å². The molecule has 1 aromatic heterocycles. The number of ether oxygens (including phenoxy) is 1. The largest absolute Gasteiger partial charge is 0.399 e. The number of imidazole rings is 1. The Kier molecular flexibility index (Phi) is 4.44. The van der Waals surface area contributed by atoms with Crippen molar-refractivity contribution in [1.29, 1.82) is 0 Å². The number of hydrogen-bond acceptors (Lipinski definition) is 3. The minimum absolute atomic E-state index is 0.477. The predicted octanol–water partition coefficient (Wildman–Crippen LogP) is 3.53. The number of anilines is 1. The maximum atomic E-state index is 6.01. The molecule has 4 nitrogen and oxygen atoms in total. The van der Waals surface area contributed by atoms with E-state index < -0.39 is 0 Å². The third-order valence-corrected chi connectivity index (χ3v) is 4.30. The number of nitrogen functional groups attached to an aromatic ring is 1. The topological polar surface area (TPSA) is 53.1 Å². The van der Waals surface area contributed by atoms with Crippen molar-refractivity contribution in [2.75, 3.05) is 12.3 Å². The van der Waals surface area contributed by atoms with E-state index in [1.165, 1.54) is 31.2 Å². The zero-order valence-corrected chi connectivity index (χ0v) is 12.8. The van der Waals surface area contributed by atoms with Crippen molar-refractivity contribution in [1.82, 2.24) is 9.55 Å². The van der Waals surface area contributed by atoms with Crippen LogP contribution in [-0.4, -0.2) is 22.3 Å². The molecule has 2 N–H and O–H groups in total. The Labute approximate surface area is 126 Å². The lowest BCUT2D eigenvalue weighted by atomic mass is 10.3. The molecule has 0 atom stereocenters. The standard InChI is InChI=1S/C17H25N3O/c1-2-5-17-19-15-12-13(18)8-9-16(15)20(17)10-11-21-14-6-3-4-7-14/h8-9,12,14H,2-7,10-11,18H2,1H3. The van der Waals surface area contributed by atoms with E-state index >= 15 is 0 Å². The van der Waals surface area contributed by atoms with Crippen LogP contribution in [0.25, 0.3) is 11.0 Å². The first-order chi connectivity index (χ1) is 10.3. The van der Waals surface area contributed by atoms with Crippen molar-refractivity contribution >= 4 is 16.7 Å². The molecule has 0 spiro atoms. The van der Waals surface area contributed by atoms with Gasteiger partial charge in [0.15, 0.2) is 0 Å². The van der Waals surface area contributed by atoms with E-state index in [0.29, 0.717) is 6.10 Å². The van der Waals surface area contributed by atoms with Crippen LogP contribution in [0.15, 0.2) is 18.2 Å². The highest BCUT2D eigenvalue weighted by atomic mass is 16.5. The first kappa shape index (κ1) is 14.4. The van der Waals surface area contributed by atoms with Gasteiger partial charge in [0, 0.05) is 18.7 Å². The number of fused-ring (bicyclic) bond motifs is 1. The highest BCUT2D eigenvalue weighted by Gasteiger charge is 2.16. The van der Waals surface area contributed by atoms with Crippen molar-refractivity contribution in [3.8, 4) is 0 Å². The number of hydrogen-bond donors (Lipinski definition) is 1. The van der Waals surface area contributed by atoms with Gasteiger partial charge >= 0.3 is 0 Å². The van der Waals surface area contributed by atoms with E-state index in [4.69, 9.17) is 15.5 Å². The number of nitrogens with zero attached hydrogens (tertiary/aromatic N) is 2. The highest BCUT2D eigenvalue weighted by Crippen LogP contribution is 2.22. The molecule has 0 unspecified atom stereocenters. The molecule has 21 heavy (non-hydrogen) atoms. The summed E-state index contributed by atoms with van der Waals surface area (Å²) < 4.78 is 8.31. The normalized spacial score (nSPS) is 16.0.